The van der Waals surface area contributed by atoms with Gasteiger partial charge in [0, 0.05) is 13.1 Å². The van der Waals surface area contributed by atoms with Gasteiger partial charge in [-0.15, -0.1) is 0 Å². The van der Waals surface area contributed by atoms with E-state index < -0.39 is 17.8 Å². The normalized spacial score (nSPS) is 12.9. The molecule has 21 heavy (non-hydrogen) atoms. The highest BCUT2D eigenvalue weighted by Crippen LogP contribution is 2.34. The van der Waals surface area contributed by atoms with Crippen molar-refractivity contribution in [1.82, 2.24) is 4.90 Å². The minimum Gasteiger partial charge on any atom is -0.373 e. The summed E-state index contributed by atoms with van der Waals surface area (Å²) >= 11 is 5.89. The van der Waals surface area contributed by atoms with Crippen LogP contribution in [0, 0.1) is 0 Å². The molecule has 0 fully saturated rings. The molecule has 1 unspecified atom stereocenters. The van der Waals surface area contributed by atoms with Gasteiger partial charge in [0.05, 0.1) is 16.3 Å². The Morgan fingerprint density at radius 3 is 2.38 bits per heavy atom. The maximum Gasteiger partial charge on any atom is 0.416 e. The number of nitrogens with one attached hydrogen (secondary N) is 1. The summed E-state index contributed by atoms with van der Waals surface area (Å²) in [6, 6.07) is 2.32. The van der Waals surface area contributed by atoms with Gasteiger partial charge in [0.2, 0.25) is 5.91 Å². The van der Waals surface area contributed by atoms with Crippen LogP contribution in [0.1, 0.15) is 26.3 Å². The molecule has 3 nitrogen and oxygen atoms in total. The number of likely N-dealkylation sites (N-methyl/N-ethyl adjacent to an activating group) is 1. The van der Waals surface area contributed by atoms with E-state index in [1.807, 2.05) is 13.8 Å². The second-order valence-corrected chi connectivity index (χ2v) is 4.98. The smallest absolute Gasteiger partial charge is 0.373 e. The molecule has 1 N–H and O–H groups in total. The number of alkyl halides is 3. The van der Waals surface area contributed by atoms with Gasteiger partial charge in [-0.05, 0) is 39.0 Å². The number of amides is 1. The van der Waals surface area contributed by atoms with Gasteiger partial charge in [0.25, 0.3) is 0 Å². The lowest BCUT2D eigenvalue weighted by molar-refractivity contribution is -0.137. The topological polar surface area (TPSA) is 32.3 Å². The van der Waals surface area contributed by atoms with Crippen LogP contribution < -0.4 is 5.32 Å². The van der Waals surface area contributed by atoms with Crippen molar-refractivity contribution in [2.45, 2.75) is 33.0 Å². The van der Waals surface area contributed by atoms with Crippen molar-refractivity contribution < 1.29 is 18.0 Å². The number of hydrogen-bond acceptors (Lipinski definition) is 2. The van der Waals surface area contributed by atoms with Crippen LogP contribution in [0.5, 0.6) is 0 Å². The van der Waals surface area contributed by atoms with E-state index in [1.165, 1.54) is 6.07 Å². The number of carbonyl (C=O) groups excluding carboxylic acids is 1. The maximum atomic E-state index is 12.7. The summed E-state index contributed by atoms with van der Waals surface area (Å²) in [5, 5.41) is 2.89. The zero-order valence-electron chi connectivity index (χ0n) is 12.1. The molecule has 7 heteroatoms. The van der Waals surface area contributed by atoms with Gasteiger partial charge in [-0.1, -0.05) is 11.6 Å². The number of nitrogens with zero attached hydrogens (tertiary/aromatic N) is 1. The summed E-state index contributed by atoms with van der Waals surface area (Å²) in [5.74, 6) is -0.187. The molecule has 0 aliphatic rings. The van der Waals surface area contributed by atoms with Gasteiger partial charge in [0.1, 0.15) is 6.04 Å². The quantitative estimate of drug-likeness (QED) is 0.887. The van der Waals surface area contributed by atoms with E-state index >= 15 is 0 Å². The second-order valence-electron chi connectivity index (χ2n) is 4.57. The molecule has 0 saturated heterocycles. The molecule has 0 aliphatic carbocycles. The minimum absolute atomic E-state index is 0.0968. The van der Waals surface area contributed by atoms with Gasteiger partial charge in [0.15, 0.2) is 0 Å². The first-order valence-corrected chi connectivity index (χ1v) is 7.00. The Balaban J connectivity index is 2.94. The van der Waals surface area contributed by atoms with Crippen LogP contribution in [-0.4, -0.2) is 29.9 Å². The van der Waals surface area contributed by atoms with Crippen LogP contribution in [0.15, 0.2) is 18.2 Å². The number of anilines is 1. The minimum atomic E-state index is -4.45. The molecule has 0 saturated carbocycles. The van der Waals surface area contributed by atoms with Gasteiger partial charge < -0.3 is 10.2 Å². The molecular formula is C14H18ClF3N2O. The molecule has 1 atom stereocenters. The fraction of sp³-hybridized carbons (Fsp3) is 0.500. The molecule has 0 radical (unpaired) electrons. The first-order valence-electron chi connectivity index (χ1n) is 6.62. The zero-order valence-corrected chi connectivity index (χ0v) is 12.8. The molecule has 1 aromatic rings. The van der Waals surface area contributed by atoms with Crippen molar-refractivity contribution in [2.24, 2.45) is 0 Å². The van der Waals surface area contributed by atoms with Gasteiger partial charge >= 0.3 is 6.18 Å². The van der Waals surface area contributed by atoms with Crippen LogP contribution >= 0.6 is 11.6 Å². The highest BCUT2D eigenvalue weighted by Gasteiger charge is 2.31. The van der Waals surface area contributed by atoms with Gasteiger partial charge in [-0.3, -0.25) is 4.79 Å². The number of rotatable bonds is 5. The average molecular weight is 323 g/mol. The molecular weight excluding hydrogens is 305 g/mol. The maximum absolute atomic E-state index is 12.7. The summed E-state index contributed by atoms with van der Waals surface area (Å²) in [6.07, 6.45) is -4.45. The standard InChI is InChI=1S/C14H18ClF3N2O/c1-4-20(5-2)13(21)9(3)19-12-8-10(14(16,17)18)6-7-11(12)15/h6-9,19H,4-5H2,1-3H3. The number of hydrogen-bond donors (Lipinski definition) is 1. The van der Waals surface area contributed by atoms with E-state index in [1.54, 1.807) is 11.8 Å². The molecule has 0 heterocycles. The van der Waals surface area contributed by atoms with E-state index in [0.717, 1.165) is 12.1 Å². The summed E-state index contributed by atoms with van der Waals surface area (Å²) in [4.78, 5) is 13.7. The number of carbonyl (C=O) groups is 1. The number of halogens is 4. The van der Waals surface area contributed by atoms with Crippen LogP contribution in [-0.2, 0) is 11.0 Å². The Hall–Kier alpha value is -1.43. The van der Waals surface area contributed by atoms with E-state index in [4.69, 9.17) is 11.6 Å². The van der Waals surface area contributed by atoms with E-state index in [-0.39, 0.29) is 16.6 Å². The first kappa shape index (κ1) is 17.6. The van der Waals surface area contributed by atoms with Crippen LogP contribution in [0.3, 0.4) is 0 Å². The Bertz CT molecular complexity index is 501. The van der Waals surface area contributed by atoms with E-state index in [9.17, 15) is 18.0 Å². The van der Waals surface area contributed by atoms with Crippen molar-refractivity contribution in [3.05, 3.63) is 28.8 Å². The lowest BCUT2D eigenvalue weighted by Crippen LogP contribution is -2.41. The van der Waals surface area contributed by atoms with Crippen molar-refractivity contribution in [1.29, 1.82) is 0 Å². The molecule has 118 valence electrons. The molecule has 0 spiro atoms. The molecule has 0 aromatic heterocycles. The van der Waals surface area contributed by atoms with Crippen LogP contribution in [0.4, 0.5) is 18.9 Å². The monoisotopic (exact) mass is 322 g/mol. The largest absolute Gasteiger partial charge is 0.416 e. The predicted molar refractivity (Wildman–Crippen MR) is 77.5 cm³/mol. The fourth-order valence-electron chi connectivity index (χ4n) is 1.92. The Morgan fingerprint density at radius 1 is 1.33 bits per heavy atom. The van der Waals surface area contributed by atoms with Crippen molar-refractivity contribution in [2.75, 3.05) is 18.4 Å². The lowest BCUT2D eigenvalue weighted by atomic mass is 10.1. The third kappa shape index (κ3) is 4.52. The van der Waals surface area contributed by atoms with Crippen LogP contribution in [0.2, 0.25) is 5.02 Å². The molecule has 1 rings (SSSR count). The fourth-order valence-corrected chi connectivity index (χ4v) is 2.09. The Kier molecular flexibility index (Phi) is 5.89. The molecule has 0 aliphatic heterocycles. The zero-order chi connectivity index (χ0) is 16.2. The van der Waals surface area contributed by atoms with Gasteiger partial charge in [-0.25, -0.2) is 0 Å². The molecule has 1 amide bonds. The second kappa shape index (κ2) is 7.02. The third-order valence-corrected chi connectivity index (χ3v) is 3.44. The summed E-state index contributed by atoms with van der Waals surface area (Å²) in [6.45, 7) is 6.35. The van der Waals surface area contributed by atoms with Crippen molar-refractivity contribution in [3.8, 4) is 0 Å². The SMILES string of the molecule is CCN(CC)C(=O)C(C)Nc1cc(C(F)(F)F)ccc1Cl. The van der Waals surface area contributed by atoms with Crippen molar-refractivity contribution in [3.63, 3.8) is 0 Å². The Morgan fingerprint density at radius 2 is 1.90 bits per heavy atom. The number of benzene rings is 1. The highest BCUT2D eigenvalue weighted by atomic mass is 35.5. The molecule has 0 bridgehead atoms. The highest BCUT2D eigenvalue weighted by molar-refractivity contribution is 6.33. The third-order valence-electron chi connectivity index (χ3n) is 3.11. The summed E-state index contributed by atoms with van der Waals surface area (Å²) in [5.41, 5.74) is -0.712. The summed E-state index contributed by atoms with van der Waals surface area (Å²) in [7, 11) is 0. The molecule has 1 aromatic carbocycles. The first-order chi connectivity index (χ1) is 9.70. The van der Waals surface area contributed by atoms with Crippen LogP contribution in [0.25, 0.3) is 0 Å². The van der Waals surface area contributed by atoms with E-state index in [2.05, 4.69) is 5.32 Å². The Labute approximate surface area is 127 Å². The van der Waals surface area contributed by atoms with Crippen molar-refractivity contribution >= 4 is 23.2 Å². The average Bonchev–Trinajstić information content (AvgIpc) is 2.41. The summed E-state index contributed by atoms with van der Waals surface area (Å²) < 4.78 is 38.1. The lowest BCUT2D eigenvalue weighted by Gasteiger charge is -2.24. The predicted octanol–water partition coefficient (Wildman–Crippen LogP) is 4.03. The van der Waals surface area contributed by atoms with Gasteiger partial charge in [-0.2, -0.15) is 13.2 Å². The van der Waals surface area contributed by atoms with E-state index in [0.29, 0.717) is 13.1 Å².